The van der Waals surface area contributed by atoms with Gasteiger partial charge in [-0.2, -0.15) is 10.2 Å². The topological polar surface area (TPSA) is 52.7 Å². The van der Waals surface area contributed by atoms with E-state index < -0.39 is 5.82 Å². The monoisotopic (exact) mass is 360 g/mol. The molecule has 3 rings (SSSR count). The van der Waals surface area contributed by atoms with Gasteiger partial charge in [-0.3, -0.25) is 9.48 Å². The molecule has 7 heteroatoms. The highest BCUT2D eigenvalue weighted by Gasteiger charge is 2.17. The summed E-state index contributed by atoms with van der Waals surface area (Å²) in [5, 5.41) is 9.16. The van der Waals surface area contributed by atoms with Crippen LogP contribution in [0.3, 0.4) is 0 Å². The van der Waals surface area contributed by atoms with Crippen LogP contribution in [-0.2, 0) is 13.0 Å². The minimum atomic E-state index is -0.452. The maximum Gasteiger partial charge on any atom is 0.162 e. The summed E-state index contributed by atoms with van der Waals surface area (Å²) < 4.78 is 17.0. The lowest BCUT2D eigenvalue weighted by atomic mass is 10.1. The quantitative estimate of drug-likeness (QED) is 0.646. The fourth-order valence-electron chi connectivity index (χ4n) is 2.78. The number of carbonyl (C=O) groups is 1. The van der Waals surface area contributed by atoms with Gasteiger partial charge >= 0.3 is 0 Å². The number of carbonyl (C=O) groups excluding carboxylic acids is 1. The molecule has 0 saturated carbocycles. The summed E-state index contributed by atoms with van der Waals surface area (Å²) in [6.45, 7) is 5.99. The summed E-state index contributed by atoms with van der Waals surface area (Å²) in [6.07, 6.45) is 2.40. The van der Waals surface area contributed by atoms with Gasteiger partial charge in [-0.25, -0.2) is 9.07 Å². The van der Waals surface area contributed by atoms with Gasteiger partial charge in [-0.05, 0) is 45.0 Å². The van der Waals surface area contributed by atoms with Crippen molar-refractivity contribution in [3.63, 3.8) is 0 Å². The fourth-order valence-corrected chi connectivity index (χ4v) is 2.99. The van der Waals surface area contributed by atoms with Gasteiger partial charge in [-0.15, -0.1) is 0 Å². The number of rotatable bonds is 5. The first kappa shape index (κ1) is 17.4. The second-order valence-corrected chi connectivity index (χ2v) is 6.24. The number of Topliss-reactive ketones (excluding diaryl/α,β-unsaturated/α-hetero) is 1. The van der Waals surface area contributed by atoms with Crippen molar-refractivity contribution in [2.75, 3.05) is 0 Å². The van der Waals surface area contributed by atoms with Crippen LogP contribution in [0.2, 0.25) is 5.15 Å². The smallest absolute Gasteiger partial charge is 0.162 e. The third-order valence-electron chi connectivity index (χ3n) is 3.95. The standard InChI is InChI=1S/C18H18ClFN4O/c1-4-23-10-13(18(19)22-23)8-15-7-11(2)21-24(15)17-6-5-14(20)9-16(17)12(3)25/h5-7,9-10H,4,8H2,1-3H3. The molecular weight excluding hydrogens is 343 g/mol. The molecule has 0 aliphatic carbocycles. The van der Waals surface area contributed by atoms with Gasteiger partial charge in [0.1, 0.15) is 5.82 Å². The largest absolute Gasteiger partial charge is 0.294 e. The van der Waals surface area contributed by atoms with Crippen LogP contribution in [0.4, 0.5) is 4.39 Å². The van der Waals surface area contributed by atoms with Gasteiger partial charge in [0.15, 0.2) is 10.9 Å². The van der Waals surface area contributed by atoms with Crippen molar-refractivity contribution >= 4 is 17.4 Å². The van der Waals surface area contributed by atoms with E-state index in [0.29, 0.717) is 22.8 Å². The average molecular weight is 361 g/mol. The second kappa shape index (κ2) is 6.80. The van der Waals surface area contributed by atoms with Crippen LogP contribution in [0, 0.1) is 12.7 Å². The van der Waals surface area contributed by atoms with Crippen molar-refractivity contribution in [2.45, 2.75) is 33.7 Å². The van der Waals surface area contributed by atoms with E-state index in [1.54, 1.807) is 15.4 Å². The maximum absolute atomic E-state index is 13.6. The normalized spacial score (nSPS) is 11.1. The van der Waals surface area contributed by atoms with Gasteiger partial charge in [-0.1, -0.05) is 11.6 Å². The van der Waals surface area contributed by atoms with E-state index in [-0.39, 0.29) is 5.78 Å². The van der Waals surface area contributed by atoms with Crippen LogP contribution in [0.15, 0.2) is 30.5 Å². The summed E-state index contributed by atoms with van der Waals surface area (Å²) in [4.78, 5) is 11.9. The molecule has 5 nitrogen and oxygen atoms in total. The molecule has 25 heavy (non-hydrogen) atoms. The first-order chi connectivity index (χ1) is 11.9. The van der Waals surface area contributed by atoms with E-state index in [1.165, 1.54) is 19.1 Å². The highest BCUT2D eigenvalue weighted by molar-refractivity contribution is 6.30. The van der Waals surface area contributed by atoms with E-state index in [0.717, 1.165) is 23.5 Å². The van der Waals surface area contributed by atoms with Crippen molar-refractivity contribution in [3.8, 4) is 5.69 Å². The maximum atomic E-state index is 13.6. The van der Waals surface area contributed by atoms with Gasteiger partial charge < -0.3 is 0 Å². The van der Waals surface area contributed by atoms with Crippen LogP contribution in [0.1, 0.15) is 41.2 Å². The minimum Gasteiger partial charge on any atom is -0.294 e. The number of hydrogen-bond acceptors (Lipinski definition) is 3. The number of aromatic nitrogens is 4. The van der Waals surface area contributed by atoms with Gasteiger partial charge in [0, 0.05) is 36.0 Å². The molecule has 0 N–H and O–H groups in total. The van der Waals surface area contributed by atoms with Crippen LogP contribution < -0.4 is 0 Å². The Bertz CT molecular complexity index is 945. The molecule has 0 atom stereocenters. The first-order valence-corrected chi connectivity index (χ1v) is 8.35. The number of nitrogens with zero attached hydrogens (tertiary/aromatic N) is 4. The predicted molar refractivity (Wildman–Crippen MR) is 94.0 cm³/mol. The Morgan fingerprint density at radius 3 is 2.68 bits per heavy atom. The third kappa shape index (κ3) is 3.49. The summed E-state index contributed by atoms with van der Waals surface area (Å²) in [5.41, 5.74) is 3.36. The van der Waals surface area contributed by atoms with Crippen molar-refractivity contribution in [2.24, 2.45) is 0 Å². The molecule has 0 amide bonds. The highest BCUT2D eigenvalue weighted by Crippen LogP contribution is 2.23. The zero-order valence-corrected chi connectivity index (χ0v) is 15.0. The molecule has 2 aromatic heterocycles. The van der Waals surface area contributed by atoms with Crippen LogP contribution in [0.5, 0.6) is 0 Å². The number of ketones is 1. The summed E-state index contributed by atoms with van der Waals surface area (Å²) in [5.74, 6) is -0.669. The Morgan fingerprint density at radius 1 is 1.28 bits per heavy atom. The Hall–Kier alpha value is -2.47. The average Bonchev–Trinajstić information content (AvgIpc) is 3.10. The lowest BCUT2D eigenvalue weighted by molar-refractivity contribution is 0.101. The fraction of sp³-hybridized carbons (Fsp3) is 0.278. The van der Waals surface area contributed by atoms with E-state index in [1.807, 2.05) is 26.1 Å². The summed E-state index contributed by atoms with van der Waals surface area (Å²) in [6, 6.07) is 6.05. The van der Waals surface area contributed by atoms with E-state index in [2.05, 4.69) is 10.2 Å². The second-order valence-electron chi connectivity index (χ2n) is 5.88. The third-order valence-corrected chi connectivity index (χ3v) is 4.27. The zero-order chi connectivity index (χ0) is 18.1. The number of hydrogen-bond donors (Lipinski definition) is 0. The number of aryl methyl sites for hydroxylation is 2. The number of benzene rings is 1. The van der Waals surface area contributed by atoms with Crippen molar-refractivity contribution in [1.82, 2.24) is 19.6 Å². The molecule has 2 heterocycles. The lowest BCUT2D eigenvalue weighted by Gasteiger charge is -2.11. The zero-order valence-electron chi connectivity index (χ0n) is 14.3. The van der Waals surface area contributed by atoms with E-state index in [4.69, 9.17) is 11.6 Å². The van der Waals surface area contributed by atoms with Gasteiger partial charge in [0.25, 0.3) is 0 Å². The van der Waals surface area contributed by atoms with Crippen molar-refractivity contribution < 1.29 is 9.18 Å². The van der Waals surface area contributed by atoms with Crippen LogP contribution >= 0.6 is 11.6 Å². The molecule has 1 aromatic carbocycles. The lowest BCUT2D eigenvalue weighted by Crippen LogP contribution is -2.09. The molecule has 0 bridgehead atoms. The van der Waals surface area contributed by atoms with Crippen LogP contribution in [0.25, 0.3) is 5.69 Å². The Kier molecular flexibility index (Phi) is 4.72. The summed E-state index contributed by atoms with van der Waals surface area (Å²) >= 11 is 6.22. The molecule has 130 valence electrons. The molecule has 0 aliphatic rings. The molecule has 0 fully saturated rings. The van der Waals surface area contributed by atoms with E-state index >= 15 is 0 Å². The van der Waals surface area contributed by atoms with E-state index in [9.17, 15) is 9.18 Å². The molecular formula is C18H18ClFN4O. The molecule has 0 aliphatic heterocycles. The molecule has 0 saturated heterocycles. The first-order valence-electron chi connectivity index (χ1n) is 7.97. The minimum absolute atomic E-state index is 0.217. The molecule has 0 radical (unpaired) electrons. The van der Waals surface area contributed by atoms with Gasteiger partial charge in [0.2, 0.25) is 0 Å². The van der Waals surface area contributed by atoms with Crippen molar-refractivity contribution in [1.29, 1.82) is 0 Å². The highest BCUT2D eigenvalue weighted by atomic mass is 35.5. The molecule has 0 unspecified atom stereocenters. The summed E-state index contributed by atoms with van der Waals surface area (Å²) in [7, 11) is 0. The predicted octanol–water partition coefficient (Wildman–Crippen LogP) is 3.98. The molecule has 3 aromatic rings. The van der Waals surface area contributed by atoms with Crippen LogP contribution in [-0.4, -0.2) is 25.3 Å². The Morgan fingerprint density at radius 2 is 2.04 bits per heavy atom. The Balaban J connectivity index is 2.08. The van der Waals surface area contributed by atoms with Crippen molar-refractivity contribution in [3.05, 3.63) is 63.9 Å². The van der Waals surface area contributed by atoms with Gasteiger partial charge in [0.05, 0.1) is 11.4 Å². The number of halogens is 2. The SMILES string of the molecule is CCn1cc(Cc2cc(C)nn2-c2ccc(F)cc2C(C)=O)c(Cl)n1. The molecule has 0 spiro atoms. The Labute approximate surface area is 150 Å².